The van der Waals surface area contributed by atoms with Crippen LogP contribution in [0.5, 0.6) is 0 Å². The summed E-state index contributed by atoms with van der Waals surface area (Å²) in [5.74, 6) is 0.645. The van der Waals surface area contributed by atoms with E-state index in [1.807, 2.05) is 45.0 Å². The van der Waals surface area contributed by atoms with Crippen molar-refractivity contribution in [2.24, 2.45) is 0 Å². The number of benzene rings is 1. The SMILES string of the molecule is CCC(C)N1C(=O)/C(=C/c2c(C)c(C#N)c(=O)n(CC)c2N2CCN(c3ccccc3)CC2)SC1=S. The van der Waals surface area contributed by atoms with Crippen molar-refractivity contribution < 1.29 is 4.79 Å². The van der Waals surface area contributed by atoms with Gasteiger partial charge in [0, 0.05) is 50.0 Å². The van der Waals surface area contributed by atoms with Crippen molar-refractivity contribution in [2.45, 2.75) is 46.7 Å². The third kappa shape index (κ3) is 4.67. The van der Waals surface area contributed by atoms with Gasteiger partial charge in [0.15, 0.2) is 0 Å². The van der Waals surface area contributed by atoms with E-state index in [-0.39, 0.29) is 23.1 Å². The third-order valence-corrected chi connectivity index (χ3v) is 8.32. The molecule has 0 radical (unpaired) electrons. The quantitative estimate of drug-likeness (QED) is 0.413. The zero-order chi connectivity index (χ0) is 26.0. The van der Waals surface area contributed by atoms with E-state index < -0.39 is 0 Å². The number of nitrogens with zero attached hydrogens (tertiary/aromatic N) is 5. The maximum Gasteiger partial charge on any atom is 0.270 e. The molecule has 9 heteroatoms. The first-order valence-electron chi connectivity index (χ1n) is 12.3. The number of thiocarbonyl (C=S) groups is 1. The van der Waals surface area contributed by atoms with Crippen LogP contribution >= 0.6 is 24.0 Å². The number of thioether (sulfide) groups is 1. The molecular formula is C27H31N5O2S2. The summed E-state index contributed by atoms with van der Waals surface area (Å²) in [7, 11) is 0. The predicted octanol–water partition coefficient (Wildman–Crippen LogP) is 4.37. The second kappa shape index (κ2) is 10.9. The number of carbonyl (C=O) groups is 1. The standard InChI is InChI=1S/C27H31N5O2S2/c1-5-18(3)32-26(34)23(36-27(32)35)16-21-19(4)22(17-28)25(33)31(6-2)24(21)30-14-12-29(13-15-30)20-10-8-7-9-11-20/h7-11,16,18H,5-6,12-15H2,1-4H3/b23-16-. The Balaban J connectivity index is 1.78. The first-order chi connectivity index (χ1) is 17.3. The fourth-order valence-corrected chi connectivity index (χ4v) is 6.21. The van der Waals surface area contributed by atoms with Crippen LogP contribution in [0.1, 0.15) is 43.9 Å². The summed E-state index contributed by atoms with van der Waals surface area (Å²) >= 11 is 6.81. The summed E-state index contributed by atoms with van der Waals surface area (Å²) in [6.45, 7) is 11.2. The number of anilines is 2. The van der Waals surface area contributed by atoms with Crippen LogP contribution in [0.25, 0.3) is 6.08 Å². The molecule has 3 heterocycles. The highest BCUT2D eigenvalue weighted by atomic mass is 32.2. The van der Waals surface area contributed by atoms with Gasteiger partial charge in [0.1, 0.15) is 21.8 Å². The minimum Gasteiger partial charge on any atom is -0.368 e. The van der Waals surface area contributed by atoms with Crippen molar-refractivity contribution in [1.82, 2.24) is 9.47 Å². The highest BCUT2D eigenvalue weighted by Crippen LogP contribution is 2.37. The average Bonchev–Trinajstić information content (AvgIpc) is 3.18. The van der Waals surface area contributed by atoms with Crippen molar-refractivity contribution in [3.63, 3.8) is 0 Å². The average molecular weight is 522 g/mol. The summed E-state index contributed by atoms with van der Waals surface area (Å²) in [6.07, 6.45) is 2.64. The lowest BCUT2D eigenvalue weighted by molar-refractivity contribution is -0.123. The molecule has 1 aromatic carbocycles. The number of pyridine rings is 1. The Morgan fingerprint density at radius 3 is 2.33 bits per heavy atom. The topological polar surface area (TPSA) is 72.6 Å². The molecule has 1 unspecified atom stereocenters. The molecular weight excluding hydrogens is 490 g/mol. The number of nitriles is 1. The highest BCUT2D eigenvalue weighted by molar-refractivity contribution is 8.26. The van der Waals surface area contributed by atoms with Crippen LogP contribution in [0.15, 0.2) is 40.0 Å². The fraction of sp³-hybridized carbons (Fsp3) is 0.407. The van der Waals surface area contributed by atoms with Crippen LogP contribution in [0.4, 0.5) is 11.5 Å². The molecule has 36 heavy (non-hydrogen) atoms. The minimum absolute atomic E-state index is 0.00861. The van der Waals surface area contributed by atoms with Crippen LogP contribution in [0, 0.1) is 18.3 Å². The number of hydrogen-bond acceptors (Lipinski definition) is 7. The van der Waals surface area contributed by atoms with Gasteiger partial charge in [-0.05, 0) is 51.0 Å². The van der Waals surface area contributed by atoms with Crippen LogP contribution in [-0.4, -0.2) is 51.9 Å². The Hall–Kier alpha value is -3.09. The first kappa shape index (κ1) is 26.0. The molecule has 2 aromatic rings. The van der Waals surface area contributed by atoms with Crippen LogP contribution < -0.4 is 15.4 Å². The van der Waals surface area contributed by atoms with Gasteiger partial charge >= 0.3 is 0 Å². The predicted molar refractivity (Wildman–Crippen MR) is 151 cm³/mol. The molecule has 1 aromatic heterocycles. The number of rotatable bonds is 6. The van der Waals surface area contributed by atoms with Crippen molar-refractivity contribution in [3.05, 3.63) is 62.3 Å². The van der Waals surface area contributed by atoms with Gasteiger partial charge in [0.25, 0.3) is 11.5 Å². The number of hydrogen-bond donors (Lipinski definition) is 0. The van der Waals surface area contributed by atoms with Crippen LogP contribution in [-0.2, 0) is 11.3 Å². The van der Waals surface area contributed by atoms with E-state index in [0.29, 0.717) is 34.4 Å². The van der Waals surface area contributed by atoms with Crippen molar-refractivity contribution in [1.29, 1.82) is 5.26 Å². The summed E-state index contributed by atoms with van der Waals surface area (Å²) in [5, 5.41) is 9.80. The molecule has 0 aliphatic carbocycles. The van der Waals surface area contributed by atoms with E-state index in [1.54, 1.807) is 16.4 Å². The maximum absolute atomic E-state index is 13.3. The minimum atomic E-state index is -0.290. The lowest BCUT2D eigenvalue weighted by Gasteiger charge is -2.39. The number of aromatic nitrogens is 1. The van der Waals surface area contributed by atoms with E-state index in [2.05, 4.69) is 28.0 Å². The second-order valence-electron chi connectivity index (χ2n) is 9.02. The van der Waals surface area contributed by atoms with Gasteiger partial charge in [-0.15, -0.1) is 0 Å². The first-order valence-corrected chi connectivity index (χ1v) is 13.5. The van der Waals surface area contributed by atoms with Gasteiger partial charge in [-0.25, -0.2) is 0 Å². The lowest BCUT2D eigenvalue weighted by atomic mass is 10.0. The van der Waals surface area contributed by atoms with Gasteiger partial charge in [-0.1, -0.05) is 49.1 Å². The maximum atomic E-state index is 13.3. The molecule has 0 saturated carbocycles. The van der Waals surface area contributed by atoms with E-state index in [4.69, 9.17) is 12.2 Å². The van der Waals surface area contributed by atoms with Gasteiger partial charge < -0.3 is 9.80 Å². The summed E-state index contributed by atoms with van der Waals surface area (Å²) < 4.78 is 2.21. The van der Waals surface area contributed by atoms with Crippen LogP contribution in [0.2, 0.25) is 0 Å². The Morgan fingerprint density at radius 2 is 1.75 bits per heavy atom. The molecule has 1 amide bonds. The van der Waals surface area contributed by atoms with Crippen LogP contribution in [0.3, 0.4) is 0 Å². The number of piperazine rings is 1. The van der Waals surface area contributed by atoms with Crippen molar-refractivity contribution in [2.75, 3.05) is 36.0 Å². The molecule has 2 saturated heterocycles. The number of carbonyl (C=O) groups excluding carboxylic acids is 1. The van der Waals surface area contributed by atoms with Gasteiger partial charge in [0.05, 0.1) is 4.91 Å². The zero-order valence-corrected chi connectivity index (χ0v) is 22.8. The van der Waals surface area contributed by atoms with E-state index >= 15 is 0 Å². The molecule has 188 valence electrons. The van der Waals surface area contributed by atoms with E-state index in [1.165, 1.54) is 17.4 Å². The molecule has 2 fully saturated rings. The Kier molecular flexibility index (Phi) is 7.86. The smallest absolute Gasteiger partial charge is 0.270 e. The third-order valence-electron chi connectivity index (χ3n) is 6.99. The van der Waals surface area contributed by atoms with Gasteiger partial charge in [-0.3, -0.25) is 19.1 Å². The molecule has 4 rings (SSSR count). The Labute approximate surface area is 222 Å². The molecule has 1 atom stereocenters. The fourth-order valence-electron chi connectivity index (χ4n) is 4.77. The van der Waals surface area contributed by atoms with Gasteiger partial charge in [-0.2, -0.15) is 5.26 Å². The highest BCUT2D eigenvalue weighted by Gasteiger charge is 2.35. The number of para-hydroxylation sites is 1. The van der Waals surface area contributed by atoms with Crippen molar-refractivity contribution in [3.8, 4) is 6.07 Å². The Bertz CT molecular complexity index is 1300. The normalized spacial score (nSPS) is 18.2. The molecule has 2 aliphatic rings. The summed E-state index contributed by atoms with van der Waals surface area (Å²) in [6, 6.07) is 12.4. The van der Waals surface area contributed by atoms with Gasteiger partial charge in [0.2, 0.25) is 0 Å². The molecule has 0 N–H and O–H groups in total. The summed E-state index contributed by atoms with van der Waals surface area (Å²) in [4.78, 5) is 33.3. The lowest BCUT2D eigenvalue weighted by Crippen LogP contribution is -2.48. The van der Waals surface area contributed by atoms with E-state index in [9.17, 15) is 14.9 Å². The molecule has 7 nitrogen and oxygen atoms in total. The largest absolute Gasteiger partial charge is 0.368 e. The second-order valence-corrected chi connectivity index (χ2v) is 10.7. The molecule has 2 aliphatic heterocycles. The monoisotopic (exact) mass is 521 g/mol. The molecule has 0 bridgehead atoms. The Morgan fingerprint density at radius 1 is 1.11 bits per heavy atom. The zero-order valence-electron chi connectivity index (χ0n) is 21.2. The molecule has 0 spiro atoms. The van der Waals surface area contributed by atoms with E-state index in [0.717, 1.165) is 30.9 Å². The van der Waals surface area contributed by atoms with Crippen molar-refractivity contribution >= 4 is 51.8 Å². The summed E-state index contributed by atoms with van der Waals surface area (Å²) in [5.41, 5.74) is 2.34. The number of amides is 1.